The van der Waals surface area contributed by atoms with Crippen LogP contribution in [0.2, 0.25) is 0 Å². The summed E-state index contributed by atoms with van der Waals surface area (Å²) in [4.78, 5) is 7.76. The number of rotatable bonds is 4. The normalized spacial score (nSPS) is 10.7. The van der Waals surface area contributed by atoms with Crippen molar-refractivity contribution in [2.75, 3.05) is 12.4 Å². The van der Waals surface area contributed by atoms with Crippen LogP contribution in [0.5, 0.6) is 0 Å². The summed E-state index contributed by atoms with van der Waals surface area (Å²) in [6.45, 7) is 6.39. The first-order valence-corrected chi connectivity index (χ1v) is 6.39. The van der Waals surface area contributed by atoms with Crippen molar-refractivity contribution in [1.82, 2.24) is 9.97 Å². The van der Waals surface area contributed by atoms with Crippen molar-refractivity contribution in [3.8, 4) is 0 Å². The smallest absolute Gasteiger partial charge is 0.200 e. The first-order valence-electron chi connectivity index (χ1n) is 6.39. The van der Waals surface area contributed by atoms with E-state index in [9.17, 15) is 0 Å². The number of benzene rings is 1. The Balaban J connectivity index is 2.08. The van der Waals surface area contributed by atoms with E-state index in [1.165, 1.54) is 16.7 Å². The minimum Gasteiger partial charge on any atom is -0.359 e. The van der Waals surface area contributed by atoms with Gasteiger partial charge in [-0.2, -0.15) is 0 Å². The van der Waals surface area contributed by atoms with Gasteiger partial charge >= 0.3 is 0 Å². The molecule has 0 bridgehead atoms. The summed E-state index contributed by atoms with van der Waals surface area (Å²) in [5.41, 5.74) is 6.42. The van der Waals surface area contributed by atoms with Gasteiger partial charge in [0.1, 0.15) is 0 Å². The predicted molar refractivity (Wildman–Crippen MR) is 76.2 cm³/mol. The highest BCUT2D eigenvalue weighted by Crippen LogP contribution is 2.15. The average Bonchev–Trinajstić information content (AvgIpc) is 2.69. The molecule has 1 aromatic heterocycles. The van der Waals surface area contributed by atoms with E-state index in [-0.39, 0.29) is 0 Å². The molecule has 18 heavy (non-hydrogen) atoms. The SMILES string of the molecule is CNc1nc(CCc2ccc(C)cc2C)c(C)[nH]1. The topological polar surface area (TPSA) is 40.7 Å². The van der Waals surface area contributed by atoms with Gasteiger partial charge in [-0.25, -0.2) is 4.98 Å². The number of aromatic nitrogens is 2. The molecule has 0 aliphatic rings. The highest BCUT2D eigenvalue weighted by Gasteiger charge is 2.06. The summed E-state index contributed by atoms with van der Waals surface area (Å²) in [6.07, 6.45) is 2.02. The van der Waals surface area contributed by atoms with E-state index in [0.717, 1.165) is 30.2 Å². The lowest BCUT2D eigenvalue weighted by atomic mass is 10.0. The molecule has 1 aromatic carbocycles. The van der Waals surface area contributed by atoms with Crippen LogP contribution in [0, 0.1) is 20.8 Å². The fraction of sp³-hybridized carbons (Fsp3) is 0.400. The predicted octanol–water partition coefficient (Wildman–Crippen LogP) is 3.16. The highest BCUT2D eigenvalue weighted by molar-refractivity contribution is 5.33. The Morgan fingerprint density at radius 1 is 1.17 bits per heavy atom. The van der Waals surface area contributed by atoms with Gasteiger partial charge in [-0.1, -0.05) is 23.8 Å². The second-order valence-electron chi connectivity index (χ2n) is 4.84. The summed E-state index contributed by atoms with van der Waals surface area (Å²) in [7, 11) is 1.88. The van der Waals surface area contributed by atoms with Crippen LogP contribution in [0.4, 0.5) is 5.95 Å². The van der Waals surface area contributed by atoms with Gasteiger partial charge in [0.2, 0.25) is 0 Å². The first-order chi connectivity index (χ1) is 8.60. The minimum atomic E-state index is 0.850. The van der Waals surface area contributed by atoms with E-state index in [1.807, 2.05) is 7.05 Å². The lowest BCUT2D eigenvalue weighted by molar-refractivity contribution is 0.905. The van der Waals surface area contributed by atoms with Crippen LogP contribution < -0.4 is 5.32 Å². The number of aryl methyl sites for hydroxylation is 5. The third-order valence-electron chi connectivity index (χ3n) is 3.35. The molecule has 0 aliphatic carbocycles. The van der Waals surface area contributed by atoms with Gasteiger partial charge in [-0.3, -0.25) is 0 Å². The van der Waals surface area contributed by atoms with E-state index < -0.39 is 0 Å². The number of anilines is 1. The van der Waals surface area contributed by atoms with E-state index in [1.54, 1.807) is 0 Å². The van der Waals surface area contributed by atoms with E-state index >= 15 is 0 Å². The van der Waals surface area contributed by atoms with Gasteiger partial charge in [0.05, 0.1) is 5.69 Å². The third kappa shape index (κ3) is 2.73. The van der Waals surface area contributed by atoms with Gasteiger partial charge in [-0.15, -0.1) is 0 Å². The molecule has 3 heteroatoms. The lowest BCUT2D eigenvalue weighted by Gasteiger charge is -2.06. The summed E-state index contributed by atoms with van der Waals surface area (Å²) in [5.74, 6) is 0.850. The number of H-pyrrole nitrogens is 1. The average molecular weight is 243 g/mol. The van der Waals surface area contributed by atoms with Crippen molar-refractivity contribution < 1.29 is 0 Å². The second kappa shape index (κ2) is 5.25. The number of imidazole rings is 1. The quantitative estimate of drug-likeness (QED) is 0.866. The number of nitrogens with one attached hydrogen (secondary N) is 2. The Kier molecular flexibility index (Phi) is 3.70. The molecule has 0 radical (unpaired) electrons. The lowest BCUT2D eigenvalue weighted by Crippen LogP contribution is -1.97. The van der Waals surface area contributed by atoms with Crippen LogP contribution in [0.1, 0.15) is 28.1 Å². The summed E-state index contributed by atoms with van der Waals surface area (Å²) >= 11 is 0. The van der Waals surface area contributed by atoms with Gasteiger partial charge in [-0.05, 0) is 44.7 Å². The van der Waals surface area contributed by atoms with Crippen LogP contribution in [-0.4, -0.2) is 17.0 Å². The highest BCUT2D eigenvalue weighted by atomic mass is 15.1. The molecule has 0 atom stereocenters. The number of aromatic amines is 1. The Bertz CT molecular complexity index is 541. The maximum atomic E-state index is 4.52. The summed E-state index contributed by atoms with van der Waals surface area (Å²) in [6, 6.07) is 6.65. The molecule has 0 fully saturated rings. The molecule has 0 unspecified atom stereocenters. The van der Waals surface area contributed by atoms with Gasteiger partial charge in [0.25, 0.3) is 0 Å². The van der Waals surface area contributed by atoms with Crippen molar-refractivity contribution in [2.45, 2.75) is 33.6 Å². The van der Waals surface area contributed by atoms with Crippen molar-refractivity contribution in [1.29, 1.82) is 0 Å². The summed E-state index contributed by atoms with van der Waals surface area (Å²) in [5, 5.41) is 3.04. The molecule has 96 valence electrons. The zero-order valence-electron chi connectivity index (χ0n) is 11.6. The molecule has 2 rings (SSSR count). The Labute approximate surface area is 109 Å². The molecule has 0 aliphatic heterocycles. The fourth-order valence-corrected chi connectivity index (χ4v) is 2.24. The molecule has 2 N–H and O–H groups in total. The molecule has 0 amide bonds. The molecule has 3 nitrogen and oxygen atoms in total. The summed E-state index contributed by atoms with van der Waals surface area (Å²) < 4.78 is 0. The standard InChI is InChI=1S/C15H21N3/c1-10-5-6-13(11(2)9-10)7-8-14-12(3)17-15(16-4)18-14/h5-6,9H,7-8H2,1-4H3,(H2,16,17,18). The minimum absolute atomic E-state index is 0.850. The van der Waals surface area contributed by atoms with Crippen molar-refractivity contribution in [3.05, 3.63) is 46.3 Å². The van der Waals surface area contributed by atoms with Crippen LogP contribution in [0.15, 0.2) is 18.2 Å². The van der Waals surface area contributed by atoms with E-state index in [4.69, 9.17) is 0 Å². The molecule has 0 saturated carbocycles. The van der Waals surface area contributed by atoms with E-state index in [2.05, 4.69) is 54.3 Å². The fourth-order valence-electron chi connectivity index (χ4n) is 2.24. The largest absolute Gasteiger partial charge is 0.359 e. The zero-order valence-corrected chi connectivity index (χ0v) is 11.6. The molecular weight excluding hydrogens is 222 g/mol. The Hall–Kier alpha value is -1.77. The first kappa shape index (κ1) is 12.7. The van der Waals surface area contributed by atoms with Gasteiger partial charge in [0.15, 0.2) is 5.95 Å². The van der Waals surface area contributed by atoms with Crippen LogP contribution in [-0.2, 0) is 12.8 Å². The molecule has 0 saturated heterocycles. The van der Waals surface area contributed by atoms with Gasteiger partial charge < -0.3 is 10.3 Å². The molecule has 1 heterocycles. The molecular formula is C15H21N3. The van der Waals surface area contributed by atoms with Crippen molar-refractivity contribution in [2.24, 2.45) is 0 Å². The monoisotopic (exact) mass is 243 g/mol. The maximum absolute atomic E-state index is 4.52. The number of hydrogen-bond acceptors (Lipinski definition) is 2. The Morgan fingerprint density at radius 2 is 1.94 bits per heavy atom. The van der Waals surface area contributed by atoms with Crippen molar-refractivity contribution in [3.63, 3.8) is 0 Å². The molecule has 2 aromatic rings. The Morgan fingerprint density at radius 3 is 2.56 bits per heavy atom. The number of nitrogens with zero attached hydrogens (tertiary/aromatic N) is 1. The van der Waals surface area contributed by atoms with Crippen molar-refractivity contribution >= 4 is 5.95 Å². The van der Waals surface area contributed by atoms with Crippen LogP contribution >= 0.6 is 0 Å². The second-order valence-corrected chi connectivity index (χ2v) is 4.84. The zero-order chi connectivity index (χ0) is 13.1. The third-order valence-corrected chi connectivity index (χ3v) is 3.35. The molecule has 0 spiro atoms. The number of hydrogen-bond donors (Lipinski definition) is 2. The van der Waals surface area contributed by atoms with Crippen LogP contribution in [0.25, 0.3) is 0 Å². The van der Waals surface area contributed by atoms with Gasteiger partial charge in [0, 0.05) is 12.7 Å². The maximum Gasteiger partial charge on any atom is 0.200 e. The van der Waals surface area contributed by atoms with Crippen LogP contribution in [0.3, 0.4) is 0 Å². The van der Waals surface area contributed by atoms with E-state index in [0.29, 0.717) is 0 Å².